The van der Waals surface area contributed by atoms with Crippen molar-refractivity contribution in [2.45, 2.75) is 6.54 Å². The highest BCUT2D eigenvalue weighted by molar-refractivity contribution is 7.98. The average Bonchev–Trinajstić information content (AvgIpc) is 2.29. The Bertz CT molecular complexity index is 316. The van der Waals surface area contributed by atoms with Crippen LogP contribution in [0.3, 0.4) is 0 Å². The van der Waals surface area contributed by atoms with Crippen molar-refractivity contribution in [2.75, 3.05) is 25.1 Å². The summed E-state index contributed by atoms with van der Waals surface area (Å²) in [5.41, 5.74) is 1.13. The number of thioether (sulfide) groups is 1. The molecule has 0 saturated carbocycles. The van der Waals surface area contributed by atoms with Gasteiger partial charge in [-0.25, -0.2) is 4.98 Å². The molecule has 1 aromatic rings. The summed E-state index contributed by atoms with van der Waals surface area (Å²) >= 11 is 7.54. The normalized spacial score (nSPS) is 10.7. The molecule has 5 heteroatoms. The van der Waals surface area contributed by atoms with Gasteiger partial charge in [-0.3, -0.25) is 4.90 Å². The van der Waals surface area contributed by atoms with E-state index in [-0.39, 0.29) is 0 Å². The Labute approximate surface area is 106 Å². The summed E-state index contributed by atoms with van der Waals surface area (Å²) in [5.74, 6) is 1.08. The van der Waals surface area contributed by atoms with Crippen molar-refractivity contribution < 1.29 is 0 Å². The molecule has 0 spiro atoms. The van der Waals surface area contributed by atoms with Gasteiger partial charge in [0.1, 0.15) is 5.15 Å². The predicted molar refractivity (Wildman–Crippen MR) is 71.7 cm³/mol. The molecule has 1 aromatic heterocycles. The van der Waals surface area contributed by atoms with Gasteiger partial charge < -0.3 is 5.41 Å². The van der Waals surface area contributed by atoms with Crippen LogP contribution in [-0.4, -0.2) is 41.2 Å². The van der Waals surface area contributed by atoms with Crippen molar-refractivity contribution >= 4 is 29.6 Å². The van der Waals surface area contributed by atoms with Crippen LogP contribution in [0.4, 0.5) is 0 Å². The Morgan fingerprint density at radius 3 is 2.94 bits per heavy atom. The molecule has 0 bridgehead atoms. The van der Waals surface area contributed by atoms with Gasteiger partial charge in [0, 0.05) is 37.8 Å². The second-order valence-electron chi connectivity index (χ2n) is 3.42. The number of pyridine rings is 1. The lowest BCUT2D eigenvalue weighted by molar-refractivity contribution is 0.325. The number of aromatic nitrogens is 1. The highest BCUT2D eigenvalue weighted by Gasteiger charge is 2.04. The smallest absolute Gasteiger partial charge is 0.129 e. The fourth-order valence-electron chi connectivity index (χ4n) is 1.34. The standard InChI is InChI=1S/C11H16ClN3S/c1-16-7-6-15(5-4-13)9-10-2-3-11(12)14-8-10/h2-4,8,13H,5-7,9H2,1H3. The van der Waals surface area contributed by atoms with Crippen LogP contribution in [0.1, 0.15) is 5.56 Å². The molecule has 0 aliphatic rings. The summed E-state index contributed by atoms with van der Waals surface area (Å²) in [4.78, 5) is 6.27. The van der Waals surface area contributed by atoms with E-state index >= 15 is 0 Å². The van der Waals surface area contributed by atoms with Gasteiger partial charge in [-0.2, -0.15) is 11.8 Å². The summed E-state index contributed by atoms with van der Waals surface area (Å²) in [5, 5.41) is 7.68. The largest absolute Gasteiger partial charge is 0.312 e. The van der Waals surface area contributed by atoms with E-state index in [1.807, 2.05) is 17.8 Å². The van der Waals surface area contributed by atoms with Gasteiger partial charge in [0.05, 0.1) is 0 Å². The van der Waals surface area contributed by atoms with Crippen molar-refractivity contribution in [1.29, 1.82) is 5.41 Å². The van der Waals surface area contributed by atoms with Gasteiger partial charge in [0.15, 0.2) is 0 Å². The Balaban J connectivity index is 2.52. The first-order valence-electron chi connectivity index (χ1n) is 5.07. The first-order valence-corrected chi connectivity index (χ1v) is 6.84. The number of hydrogen-bond donors (Lipinski definition) is 1. The topological polar surface area (TPSA) is 40.0 Å². The lowest BCUT2D eigenvalue weighted by atomic mass is 10.2. The van der Waals surface area contributed by atoms with Crippen molar-refractivity contribution in [3.63, 3.8) is 0 Å². The molecule has 1 heterocycles. The zero-order valence-electron chi connectivity index (χ0n) is 9.32. The molecule has 0 aromatic carbocycles. The number of rotatable bonds is 7. The molecule has 3 nitrogen and oxygen atoms in total. The zero-order valence-corrected chi connectivity index (χ0v) is 10.9. The van der Waals surface area contributed by atoms with Crippen LogP contribution < -0.4 is 0 Å². The van der Waals surface area contributed by atoms with Gasteiger partial charge in [-0.15, -0.1) is 0 Å². The third kappa shape index (κ3) is 4.96. The minimum atomic E-state index is 0.520. The maximum Gasteiger partial charge on any atom is 0.129 e. The highest BCUT2D eigenvalue weighted by atomic mass is 35.5. The van der Waals surface area contributed by atoms with E-state index in [2.05, 4.69) is 16.1 Å². The number of halogens is 1. The predicted octanol–water partition coefficient (Wildman–Crippen LogP) is 2.55. The van der Waals surface area contributed by atoms with Gasteiger partial charge in [0.25, 0.3) is 0 Å². The number of hydrogen-bond acceptors (Lipinski definition) is 4. The van der Waals surface area contributed by atoms with Crippen LogP contribution in [0, 0.1) is 5.41 Å². The second kappa shape index (κ2) is 7.65. The molecule has 0 aliphatic carbocycles. The molecular weight excluding hydrogens is 242 g/mol. The second-order valence-corrected chi connectivity index (χ2v) is 4.79. The summed E-state index contributed by atoms with van der Waals surface area (Å²) in [7, 11) is 0. The van der Waals surface area contributed by atoms with E-state index in [1.165, 1.54) is 6.21 Å². The molecule has 0 aliphatic heterocycles. The van der Waals surface area contributed by atoms with Crippen LogP contribution >= 0.6 is 23.4 Å². The lowest BCUT2D eigenvalue weighted by Crippen LogP contribution is -2.27. The van der Waals surface area contributed by atoms with E-state index in [0.29, 0.717) is 11.7 Å². The van der Waals surface area contributed by atoms with Crippen molar-refractivity contribution in [3.8, 4) is 0 Å². The zero-order chi connectivity index (χ0) is 11.8. The third-order valence-corrected chi connectivity index (χ3v) is 2.97. The first-order chi connectivity index (χ1) is 7.76. The van der Waals surface area contributed by atoms with Crippen molar-refractivity contribution in [2.24, 2.45) is 0 Å². The van der Waals surface area contributed by atoms with E-state index < -0.39 is 0 Å². The van der Waals surface area contributed by atoms with Gasteiger partial charge in [-0.05, 0) is 17.9 Å². The Hall–Kier alpha value is -0.580. The van der Waals surface area contributed by atoms with E-state index in [4.69, 9.17) is 17.0 Å². The SMILES string of the molecule is CSCCN(CC=N)Cc1ccc(Cl)nc1. The first kappa shape index (κ1) is 13.5. The van der Waals surface area contributed by atoms with Gasteiger partial charge >= 0.3 is 0 Å². The molecule has 0 fully saturated rings. The summed E-state index contributed by atoms with van der Waals surface area (Å²) < 4.78 is 0. The molecule has 1 N–H and O–H groups in total. The summed E-state index contributed by atoms with van der Waals surface area (Å²) in [6, 6.07) is 3.78. The van der Waals surface area contributed by atoms with Gasteiger partial charge in [-0.1, -0.05) is 17.7 Å². The quantitative estimate of drug-likeness (QED) is 0.603. The minimum Gasteiger partial charge on any atom is -0.312 e. The minimum absolute atomic E-state index is 0.520. The average molecular weight is 258 g/mol. The van der Waals surface area contributed by atoms with Crippen LogP contribution in [0.25, 0.3) is 0 Å². The molecule has 0 saturated heterocycles. The third-order valence-electron chi connectivity index (χ3n) is 2.16. The van der Waals surface area contributed by atoms with Crippen LogP contribution in [-0.2, 0) is 6.54 Å². The Morgan fingerprint density at radius 2 is 2.38 bits per heavy atom. The Kier molecular flexibility index (Phi) is 6.45. The number of nitrogens with one attached hydrogen (secondary N) is 1. The van der Waals surface area contributed by atoms with Crippen molar-refractivity contribution in [1.82, 2.24) is 9.88 Å². The van der Waals surface area contributed by atoms with Crippen LogP contribution in [0.2, 0.25) is 5.15 Å². The summed E-state index contributed by atoms with van der Waals surface area (Å²) in [6.45, 7) is 2.49. The highest BCUT2D eigenvalue weighted by Crippen LogP contribution is 2.08. The van der Waals surface area contributed by atoms with Gasteiger partial charge in [0.2, 0.25) is 0 Å². The Morgan fingerprint density at radius 1 is 1.56 bits per heavy atom. The molecular formula is C11H16ClN3S. The molecule has 0 amide bonds. The van der Waals surface area contributed by atoms with Crippen LogP contribution in [0.15, 0.2) is 18.3 Å². The lowest BCUT2D eigenvalue weighted by Gasteiger charge is -2.19. The fourth-order valence-corrected chi connectivity index (χ4v) is 1.90. The fraction of sp³-hybridized carbons (Fsp3) is 0.455. The molecule has 0 radical (unpaired) electrons. The molecule has 0 atom stereocenters. The molecule has 16 heavy (non-hydrogen) atoms. The number of nitrogens with zero attached hydrogens (tertiary/aromatic N) is 2. The van der Waals surface area contributed by atoms with E-state index in [0.717, 1.165) is 24.4 Å². The molecule has 1 rings (SSSR count). The molecule has 88 valence electrons. The summed E-state index contributed by atoms with van der Waals surface area (Å²) in [6.07, 6.45) is 5.31. The monoisotopic (exact) mass is 257 g/mol. The molecule has 0 unspecified atom stereocenters. The van der Waals surface area contributed by atoms with Crippen molar-refractivity contribution in [3.05, 3.63) is 29.0 Å². The maximum atomic E-state index is 7.16. The van der Waals surface area contributed by atoms with E-state index in [9.17, 15) is 0 Å². The van der Waals surface area contributed by atoms with Crippen LogP contribution in [0.5, 0.6) is 0 Å². The maximum absolute atomic E-state index is 7.16. The van der Waals surface area contributed by atoms with E-state index in [1.54, 1.807) is 12.3 Å².